The van der Waals surface area contributed by atoms with Crippen molar-refractivity contribution in [2.75, 3.05) is 24.7 Å². The van der Waals surface area contributed by atoms with Crippen molar-refractivity contribution < 1.29 is 5.11 Å². The number of hydrogen-bond acceptors (Lipinski definition) is 3. The van der Waals surface area contributed by atoms with Crippen LogP contribution >= 0.6 is 11.8 Å². The Balaban J connectivity index is 3.46. The van der Waals surface area contributed by atoms with Gasteiger partial charge in [0.25, 0.3) is 0 Å². The molecule has 0 aliphatic carbocycles. The predicted molar refractivity (Wildman–Crippen MR) is 70.6 cm³/mol. The van der Waals surface area contributed by atoms with E-state index in [4.69, 9.17) is 0 Å². The van der Waals surface area contributed by atoms with Gasteiger partial charge in [-0.25, -0.2) is 0 Å². The molecule has 0 aromatic carbocycles. The molecule has 0 saturated heterocycles. The molecule has 0 rings (SSSR count). The Morgan fingerprint density at radius 1 is 1.20 bits per heavy atom. The number of aliphatic hydroxyl groups excluding tert-OH is 1. The van der Waals surface area contributed by atoms with Crippen molar-refractivity contribution in [3.63, 3.8) is 0 Å². The lowest BCUT2D eigenvalue weighted by atomic mass is 10.0. The molecule has 0 aromatic rings. The minimum Gasteiger partial charge on any atom is -0.394 e. The van der Waals surface area contributed by atoms with Gasteiger partial charge in [-0.15, -0.1) is 0 Å². The molecule has 0 fully saturated rings. The first-order chi connectivity index (χ1) is 7.18. The number of unbranched alkanes of at least 4 members (excludes halogenated alkanes) is 2. The first-order valence-electron chi connectivity index (χ1n) is 6.12. The summed E-state index contributed by atoms with van der Waals surface area (Å²) < 4.78 is 0. The van der Waals surface area contributed by atoms with Gasteiger partial charge in [-0.1, -0.05) is 26.7 Å². The zero-order valence-corrected chi connectivity index (χ0v) is 11.3. The van der Waals surface area contributed by atoms with Crippen molar-refractivity contribution in [3.05, 3.63) is 0 Å². The van der Waals surface area contributed by atoms with Crippen LogP contribution < -0.4 is 5.32 Å². The fourth-order valence-electron chi connectivity index (χ4n) is 1.50. The van der Waals surface area contributed by atoms with Crippen molar-refractivity contribution >= 4 is 11.8 Å². The van der Waals surface area contributed by atoms with Gasteiger partial charge in [-0.05, 0) is 37.8 Å². The Labute approximate surface area is 99.2 Å². The quantitative estimate of drug-likeness (QED) is 0.569. The molecule has 0 bridgehead atoms. The zero-order valence-electron chi connectivity index (χ0n) is 10.5. The van der Waals surface area contributed by atoms with Gasteiger partial charge in [0.2, 0.25) is 0 Å². The highest BCUT2D eigenvalue weighted by molar-refractivity contribution is 7.99. The van der Waals surface area contributed by atoms with Crippen LogP contribution in [0, 0.1) is 0 Å². The standard InChI is InChI=1S/C12H27NOS/c1-4-6-7-9-15-10-8-12(3,11-14)13-5-2/h13-14H,4-11H2,1-3H3. The fourth-order valence-corrected chi connectivity index (χ4v) is 2.71. The molecule has 0 spiro atoms. The second kappa shape index (κ2) is 9.49. The first-order valence-corrected chi connectivity index (χ1v) is 7.27. The van der Waals surface area contributed by atoms with Gasteiger partial charge in [0.05, 0.1) is 6.61 Å². The third-order valence-electron chi connectivity index (χ3n) is 2.64. The average Bonchev–Trinajstić information content (AvgIpc) is 2.24. The smallest absolute Gasteiger partial charge is 0.0610 e. The Hall–Kier alpha value is 0.270. The van der Waals surface area contributed by atoms with E-state index in [1.165, 1.54) is 25.0 Å². The van der Waals surface area contributed by atoms with E-state index in [1.54, 1.807) is 0 Å². The summed E-state index contributed by atoms with van der Waals surface area (Å²) in [7, 11) is 0. The maximum absolute atomic E-state index is 9.29. The van der Waals surface area contributed by atoms with Crippen LogP contribution in [0.5, 0.6) is 0 Å². The van der Waals surface area contributed by atoms with Crippen molar-refractivity contribution in [1.29, 1.82) is 0 Å². The van der Waals surface area contributed by atoms with E-state index in [0.29, 0.717) is 0 Å². The summed E-state index contributed by atoms with van der Waals surface area (Å²) in [4.78, 5) is 0. The van der Waals surface area contributed by atoms with E-state index in [9.17, 15) is 5.11 Å². The van der Waals surface area contributed by atoms with Gasteiger partial charge < -0.3 is 10.4 Å². The second-order valence-corrected chi connectivity index (χ2v) is 5.54. The Morgan fingerprint density at radius 2 is 1.93 bits per heavy atom. The number of likely N-dealkylation sites (N-methyl/N-ethyl adjacent to an activating group) is 1. The number of rotatable bonds is 10. The maximum atomic E-state index is 9.29. The summed E-state index contributed by atoms with van der Waals surface area (Å²) in [5.74, 6) is 2.41. The van der Waals surface area contributed by atoms with Crippen molar-refractivity contribution in [1.82, 2.24) is 5.32 Å². The van der Waals surface area contributed by atoms with Crippen LogP contribution in [-0.4, -0.2) is 35.3 Å². The molecule has 0 aromatic heterocycles. The van der Waals surface area contributed by atoms with Crippen molar-refractivity contribution in [3.8, 4) is 0 Å². The lowest BCUT2D eigenvalue weighted by molar-refractivity contribution is 0.173. The summed E-state index contributed by atoms with van der Waals surface area (Å²) in [6, 6.07) is 0. The van der Waals surface area contributed by atoms with Gasteiger partial charge in [0.15, 0.2) is 0 Å². The molecule has 0 aliphatic heterocycles. The molecule has 1 atom stereocenters. The minimum atomic E-state index is -0.0769. The average molecular weight is 233 g/mol. The predicted octanol–water partition coefficient (Wildman–Crippen LogP) is 2.66. The summed E-state index contributed by atoms with van der Waals surface area (Å²) in [5.41, 5.74) is -0.0769. The topological polar surface area (TPSA) is 32.3 Å². The molecule has 0 radical (unpaired) electrons. The molecule has 2 nitrogen and oxygen atoms in total. The third-order valence-corrected chi connectivity index (χ3v) is 3.71. The van der Waals surface area contributed by atoms with Crippen LogP contribution in [0.25, 0.3) is 0 Å². The Kier molecular flexibility index (Phi) is 9.66. The largest absolute Gasteiger partial charge is 0.394 e. The minimum absolute atomic E-state index is 0.0769. The van der Waals surface area contributed by atoms with Crippen molar-refractivity contribution in [2.45, 2.75) is 52.0 Å². The SMILES string of the molecule is CCCCCSCCC(C)(CO)NCC. The summed E-state index contributed by atoms with van der Waals surface area (Å²) in [5, 5.41) is 12.6. The molecule has 3 heteroatoms. The first kappa shape index (κ1) is 15.3. The molecule has 0 amide bonds. The Morgan fingerprint density at radius 3 is 2.47 bits per heavy atom. The van der Waals surface area contributed by atoms with E-state index in [0.717, 1.165) is 18.7 Å². The monoisotopic (exact) mass is 233 g/mol. The van der Waals surface area contributed by atoms with E-state index < -0.39 is 0 Å². The number of thioether (sulfide) groups is 1. The number of nitrogens with one attached hydrogen (secondary N) is 1. The summed E-state index contributed by atoms with van der Waals surface area (Å²) in [6.07, 6.45) is 5.02. The fraction of sp³-hybridized carbons (Fsp3) is 1.00. The molecule has 0 aliphatic rings. The third kappa shape index (κ3) is 8.12. The lowest BCUT2D eigenvalue weighted by Gasteiger charge is -2.28. The van der Waals surface area contributed by atoms with Gasteiger partial charge in [0.1, 0.15) is 0 Å². The molecule has 92 valence electrons. The van der Waals surface area contributed by atoms with Gasteiger partial charge in [0, 0.05) is 5.54 Å². The van der Waals surface area contributed by atoms with Gasteiger partial charge in [-0.2, -0.15) is 11.8 Å². The van der Waals surface area contributed by atoms with Crippen molar-refractivity contribution in [2.24, 2.45) is 0 Å². The number of hydrogen-bond donors (Lipinski definition) is 2. The lowest BCUT2D eigenvalue weighted by Crippen LogP contribution is -2.46. The van der Waals surface area contributed by atoms with E-state index in [1.807, 2.05) is 11.8 Å². The van der Waals surface area contributed by atoms with Crippen LogP contribution in [-0.2, 0) is 0 Å². The normalized spacial score (nSPS) is 15.2. The molecule has 1 unspecified atom stereocenters. The molecule has 0 saturated carbocycles. The van der Waals surface area contributed by atoms with Crippen LogP contribution in [0.4, 0.5) is 0 Å². The molecule has 2 N–H and O–H groups in total. The van der Waals surface area contributed by atoms with Gasteiger partial charge in [-0.3, -0.25) is 0 Å². The summed E-state index contributed by atoms with van der Waals surface area (Å²) in [6.45, 7) is 7.58. The van der Waals surface area contributed by atoms with Crippen LogP contribution in [0.2, 0.25) is 0 Å². The maximum Gasteiger partial charge on any atom is 0.0610 e. The molecular weight excluding hydrogens is 206 g/mol. The second-order valence-electron chi connectivity index (χ2n) is 4.32. The summed E-state index contributed by atoms with van der Waals surface area (Å²) >= 11 is 2.01. The van der Waals surface area contributed by atoms with E-state index in [-0.39, 0.29) is 12.1 Å². The molecule has 15 heavy (non-hydrogen) atoms. The van der Waals surface area contributed by atoms with Crippen LogP contribution in [0.1, 0.15) is 46.5 Å². The highest BCUT2D eigenvalue weighted by atomic mass is 32.2. The van der Waals surface area contributed by atoms with Crippen LogP contribution in [0.3, 0.4) is 0 Å². The highest BCUT2D eigenvalue weighted by Crippen LogP contribution is 2.15. The number of aliphatic hydroxyl groups is 1. The zero-order chi connectivity index (χ0) is 11.6. The van der Waals surface area contributed by atoms with E-state index >= 15 is 0 Å². The van der Waals surface area contributed by atoms with E-state index in [2.05, 4.69) is 26.1 Å². The van der Waals surface area contributed by atoms with Crippen LogP contribution in [0.15, 0.2) is 0 Å². The highest BCUT2D eigenvalue weighted by Gasteiger charge is 2.20. The molecular formula is C12H27NOS. The van der Waals surface area contributed by atoms with Gasteiger partial charge >= 0.3 is 0 Å². The Bertz CT molecular complexity index is 144. The molecule has 0 heterocycles.